The monoisotopic (exact) mass is 264 g/mol. The third kappa shape index (κ3) is 2.97. The minimum Gasteiger partial charge on any atom is -0.480 e. The molecule has 0 radical (unpaired) electrons. The third-order valence-electron chi connectivity index (χ3n) is 4.15. The van der Waals surface area contributed by atoms with E-state index in [0.717, 1.165) is 12.8 Å². The Hall–Kier alpha value is -1.78. The van der Waals surface area contributed by atoms with E-state index in [-0.39, 0.29) is 18.5 Å². The molecule has 1 aliphatic carbocycles. The summed E-state index contributed by atoms with van der Waals surface area (Å²) in [6.07, 6.45) is 3.74. The van der Waals surface area contributed by atoms with Gasteiger partial charge in [-0.2, -0.15) is 0 Å². The summed E-state index contributed by atoms with van der Waals surface area (Å²) in [6.45, 7) is 4.16. The molecule has 1 saturated carbocycles. The molecule has 19 heavy (non-hydrogen) atoms. The predicted octanol–water partition coefficient (Wildman–Crippen LogP) is 1.74. The van der Waals surface area contributed by atoms with Gasteiger partial charge in [0.05, 0.1) is 0 Å². The fraction of sp³-hybridized carbons (Fsp3) is 0.571. The van der Waals surface area contributed by atoms with Crippen LogP contribution in [0.3, 0.4) is 0 Å². The van der Waals surface area contributed by atoms with Crippen LogP contribution in [-0.4, -0.2) is 27.6 Å². The zero-order valence-electron chi connectivity index (χ0n) is 11.3. The van der Waals surface area contributed by atoms with Crippen LogP contribution in [0.1, 0.15) is 37.2 Å². The van der Waals surface area contributed by atoms with Crippen LogP contribution in [-0.2, 0) is 11.3 Å². The lowest BCUT2D eigenvalue weighted by Gasteiger charge is -2.20. The molecule has 0 aliphatic heterocycles. The van der Waals surface area contributed by atoms with Crippen molar-refractivity contribution in [1.82, 2.24) is 9.88 Å². The Bertz CT molecular complexity index is 481. The fourth-order valence-corrected chi connectivity index (χ4v) is 2.71. The van der Waals surface area contributed by atoms with Crippen molar-refractivity contribution in [2.24, 2.45) is 11.8 Å². The summed E-state index contributed by atoms with van der Waals surface area (Å²) in [4.78, 5) is 22.9. The molecule has 2 rings (SSSR count). The highest BCUT2D eigenvalue weighted by Gasteiger charge is 2.31. The number of hydrogen-bond donors (Lipinski definition) is 2. The van der Waals surface area contributed by atoms with Crippen molar-refractivity contribution < 1.29 is 14.7 Å². The topological polar surface area (TPSA) is 71.3 Å². The molecule has 1 aliphatic rings. The molecular formula is C14H20N2O3. The van der Waals surface area contributed by atoms with Gasteiger partial charge in [0.15, 0.2) is 0 Å². The van der Waals surface area contributed by atoms with Crippen molar-refractivity contribution in [2.45, 2.75) is 39.3 Å². The van der Waals surface area contributed by atoms with E-state index >= 15 is 0 Å². The van der Waals surface area contributed by atoms with Gasteiger partial charge < -0.3 is 15.0 Å². The number of carbonyl (C=O) groups is 2. The molecule has 0 aromatic carbocycles. The first-order chi connectivity index (χ1) is 8.99. The number of rotatable bonds is 4. The van der Waals surface area contributed by atoms with E-state index in [0.29, 0.717) is 17.5 Å². The van der Waals surface area contributed by atoms with Gasteiger partial charge in [0.1, 0.15) is 12.2 Å². The van der Waals surface area contributed by atoms with Crippen molar-refractivity contribution in [3.8, 4) is 0 Å². The first-order valence-electron chi connectivity index (χ1n) is 6.67. The second kappa shape index (κ2) is 5.47. The quantitative estimate of drug-likeness (QED) is 0.870. The average molecular weight is 264 g/mol. The molecular weight excluding hydrogens is 244 g/mol. The van der Waals surface area contributed by atoms with Gasteiger partial charge in [0.25, 0.3) is 5.91 Å². The van der Waals surface area contributed by atoms with Crippen molar-refractivity contribution >= 4 is 11.9 Å². The number of amides is 1. The molecule has 2 N–H and O–H groups in total. The zero-order chi connectivity index (χ0) is 14.0. The summed E-state index contributed by atoms with van der Waals surface area (Å²) in [5, 5.41) is 11.8. The van der Waals surface area contributed by atoms with Gasteiger partial charge in [-0.15, -0.1) is 0 Å². The van der Waals surface area contributed by atoms with Crippen LogP contribution in [0.25, 0.3) is 0 Å². The van der Waals surface area contributed by atoms with Crippen molar-refractivity contribution in [1.29, 1.82) is 0 Å². The van der Waals surface area contributed by atoms with Gasteiger partial charge in [-0.05, 0) is 36.8 Å². The Labute approximate surface area is 112 Å². The highest BCUT2D eigenvalue weighted by Crippen LogP contribution is 2.31. The number of aromatic nitrogens is 1. The first kappa shape index (κ1) is 13.6. The molecule has 5 heteroatoms. The smallest absolute Gasteiger partial charge is 0.323 e. The van der Waals surface area contributed by atoms with Gasteiger partial charge in [-0.3, -0.25) is 9.59 Å². The molecule has 1 aromatic rings. The summed E-state index contributed by atoms with van der Waals surface area (Å²) >= 11 is 0. The summed E-state index contributed by atoms with van der Waals surface area (Å²) < 4.78 is 1.46. The fourth-order valence-electron chi connectivity index (χ4n) is 2.71. The molecule has 0 spiro atoms. The first-order valence-corrected chi connectivity index (χ1v) is 6.67. The molecule has 5 nitrogen and oxygen atoms in total. The molecule has 3 atom stereocenters. The molecule has 3 unspecified atom stereocenters. The Morgan fingerprint density at radius 1 is 1.42 bits per heavy atom. The maximum Gasteiger partial charge on any atom is 0.323 e. The zero-order valence-corrected chi connectivity index (χ0v) is 11.3. The molecule has 0 bridgehead atoms. The van der Waals surface area contributed by atoms with E-state index in [2.05, 4.69) is 19.2 Å². The number of hydrogen-bond acceptors (Lipinski definition) is 2. The highest BCUT2D eigenvalue weighted by atomic mass is 16.4. The number of nitrogens with one attached hydrogen (secondary N) is 1. The summed E-state index contributed by atoms with van der Waals surface area (Å²) in [5.74, 6) is -0.0479. The van der Waals surface area contributed by atoms with Crippen LogP contribution in [0.2, 0.25) is 0 Å². The summed E-state index contributed by atoms with van der Waals surface area (Å²) in [6, 6.07) is 3.54. The number of carboxylic acid groups (broad SMARTS) is 1. The second-order valence-electron chi connectivity index (χ2n) is 5.41. The largest absolute Gasteiger partial charge is 0.480 e. The maximum atomic E-state index is 12.2. The average Bonchev–Trinajstić information content (AvgIpc) is 2.90. The van der Waals surface area contributed by atoms with Crippen molar-refractivity contribution in [2.75, 3.05) is 0 Å². The van der Waals surface area contributed by atoms with Gasteiger partial charge in [0.2, 0.25) is 0 Å². The second-order valence-corrected chi connectivity index (χ2v) is 5.41. The normalized spacial score (nSPS) is 26.3. The van der Waals surface area contributed by atoms with Crippen LogP contribution >= 0.6 is 0 Å². The Kier molecular flexibility index (Phi) is 3.93. The van der Waals surface area contributed by atoms with Crippen LogP contribution in [0.15, 0.2) is 18.3 Å². The third-order valence-corrected chi connectivity index (χ3v) is 4.15. The van der Waals surface area contributed by atoms with Crippen LogP contribution in [0, 0.1) is 11.8 Å². The predicted molar refractivity (Wildman–Crippen MR) is 70.9 cm³/mol. The molecule has 1 fully saturated rings. The van der Waals surface area contributed by atoms with E-state index in [1.54, 1.807) is 18.3 Å². The Morgan fingerprint density at radius 2 is 2.16 bits per heavy atom. The van der Waals surface area contributed by atoms with Gasteiger partial charge in [-0.1, -0.05) is 13.8 Å². The molecule has 104 valence electrons. The maximum absolute atomic E-state index is 12.2. The minimum absolute atomic E-state index is 0.183. The lowest BCUT2D eigenvalue weighted by molar-refractivity contribution is -0.137. The SMILES string of the molecule is CC1CCC(NC(=O)c2cccn2CC(=O)O)C1C. The number of carboxylic acids is 1. The van der Waals surface area contributed by atoms with Gasteiger partial charge >= 0.3 is 5.97 Å². The van der Waals surface area contributed by atoms with E-state index in [9.17, 15) is 9.59 Å². The van der Waals surface area contributed by atoms with E-state index in [1.807, 2.05) is 0 Å². The summed E-state index contributed by atoms with van der Waals surface area (Å²) in [7, 11) is 0. The highest BCUT2D eigenvalue weighted by molar-refractivity contribution is 5.93. The van der Waals surface area contributed by atoms with Crippen LogP contribution in [0.5, 0.6) is 0 Å². The van der Waals surface area contributed by atoms with Crippen LogP contribution in [0.4, 0.5) is 0 Å². The van der Waals surface area contributed by atoms with Crippen LogP contribution < -0.4 is 5.32 Å². The lowest BCUT2D eigenvalue weighted by Crippen LogP contribution is -2.38. The Balaban J connectivity index is 2.04. The van der Waals surface area contributed by atoms with Gasteiger partial charge in [0, 0.05) is 12.2 Å². The lowest BCUT2D eigenvalue weighted by atomic mass is 9.98. The van der Waals surface area contributed by atoms with E-state index in [1.165, 1.54) is 4.57 Å². The minimum atomic E-state index is -0.951. The Morgan fingerprint density at radius 3 is 2.74 bits per heavy atom. The van der Waals surface area contributed by atoms with E-state index < -0.39 is 5.97 Å². The molecule has 1 aromatic heterocycles. The van der Waals surface area contributed by atoms with Crippen molar-refractivity contribution in [3.63, 3.8) is 0 Å². The van der Waals surface area contributed by atoms with Gasteiger partial charge in [-0.25, -0.2) is 0 Å². The summed E-state index contributed by atoms with van der Waals surface area (Å²) in [5.41, 5.74) is 0.411. The van der Waals surface area contributed by atoms with Crippen molar-refractivity contribution in [3.05, 3.63) is 24.0 Å². The molecule has 1 heterocycles. The molecule has 0 saturated heterocycles. The number of aliphatic carboxylic acids is 1. The molecule has 1 amide bonds. The number of carbonyl (C=O) groups excluding carboxylic acids is 1. The number of nitrogens with zero attached hydrogens (tertiary/aromatic N) is 1. The standard InChI is InChI=1S/C14H20N2O3/c1-9-5-6-11(10(9)2)15-14(19)12-4-3-7-16(12)8-13(17)18/h3-4,7,9-11H,5-6,8H2,1-2H3,(H,15,19)(H,17,18). The van der Waals surface area contributed by atoms with E-state index in [4.69, 9.17) is 5.11 Å².